The number of carbonyl (C=O) groups is 2. The van der Waals surface area contributed by atoms with E-state index in [1.165, 1.54) is 10.4 Å². The van der Waals surface area contributed by atoms with Crippen LogP contribution in [-0.2, 0) is 19.6 Å². The van der Waals surface area contributed by atoms with E-state index in [0.29, 0.717) is 28.2 Å². The highest BCUT2D eigenvalue weighted by Crippen LogP contribution is 2.33. The molecule has 0 bridgehead atoms. The molecule has 1 aromatic carbocycles. The summed E-state index contributed by atoms with van der Waals surface area (Å²) in [6.45, 7) is 9.04. The maximum absolute atomic E-state index is 13.6. The molecule has 3 aromatic rings. The number of nitrogens with one attached hydrogen (secondary N) is 3. The lowest BCUT2D eigenvalue weighted by molar-refractivity contribution is -0.137. The Morgan fingerprint density at radius 3 is 2.45 bits per heavy atom. The van der Waals surface area contributed by atoms with Gasteiger partial charge in [-0.25, -0.2) is 13.2 Å². The van der Waals surface area contributed by atoms with Crippen LogP contribution in [0.3, 0.4) is 0 Å². The quantitative estimate of drug-likeness (QED) is 0.331. The SMILES string of the molecule is CCCC(=O)O.C[C@H](CN(C1CC1)S(=O)(=O)c1ccc2[nH]c(=O)c3[nH]ccc3c2c1)NC(=O)OC(C)(C)C. The van der Waals surface area contributed by atoms with E-state index >= 15 is 0 Å². The van der Waals surface area contributed by atoms with Gasteiger partial charge < -0.3 is 25.1 Å². The van der Waals surface area contributed by atoms with Crippen molar-refractivity contribution in [1.29, 1.82) is 0 Å². The van der Waals surface area contributed by atoms with Crippen LogP contribution >= 0.6 is 0 Å². The molecule has 1 aliphatic carbocycles. The standard InChI is InChI=1S/C22H28N4O5S.C4H8O2/c1-13(24-21(28)31-22(2,3)4)12-26(14-5-6-14)32(29,30)15-7-8-18-17(11-15)16-9-10-23-19(16)20(27)25-18;1-2-3-4(5)6/h7-11,13-14,23H,5-6,12H2,1-4H3,(H,24,28)(H,25,27);2-3H2,1H3,(H,5,6)/t13-;/m1./s1. The van der Waals surface area contributed by atoms with Gasteiger partial charge >= 0.3 is 12.1 Å². The average molecular weight is 549 g/mol. The third kappa shape index (κ3) is 7.35. The van der Waals surface area contributed by atoms with Gasteiger partial charge in [0.15, 0.2) is 0 Å². The van der Waals surface area contributed by atoms with Gasteiger partial charge in [-0.15, -0.1) is 0 Å². The van der Waals surface area contributed by atoms with Crippen LogP contribution < -0.4 is 10.9 Å². The first-order chi connectivity index (χ1) is 17.7. The summed E-state index contributed by atoms with van der Waals surface area (Å²) in [6.07, 6.45) is 3.65. The number of carboxylic acids is 1. The lowest BCUT2D eigenvalue weighted by atomic mass is 10.1. The van der Waals surface area contributed by atoms with Crippen molar-refractivity contribution in [2.75, 3.05) is 6.54 Å². The number of benzene rings is 1. The summed E-state index contributed by atoms with van der Waals surface area (Å²) in [6, 6.07) is 5.94. The van der Waals surface area contributed by atoms with Gasteiger partial charge in [0, 0.05) is 47.5 Å². The predicted octanol–water partition coefficient (Wildman–Crippen LogP) is 3.95. The number of amides is 1. The molecule has 1 aliphatic rings. The molecule has 208 valence electrons. The molecule has 0 spiro atoms. The van der Waals surface area contributed by atoms with Crippen LogP contribution in [0.25, 0.3) is 21.8 Å². The van der Waals surface area contributed by atoms with Gasteiger partial charge in [0.05, 0.1) is 4.90 Å². The second kappa shape index (κ2) is 11.6. The zero-order chi connectivity index (χ0) is 28.3. The van der Waals surface area contributed by atoms with Crippen molar-refractivity contribution in [2.24, 2.45) is 0 Å². The van der Waals surface area contributed by atoms with Crippen LogP contribution in [0, 0.1) is 0 Å². The maximum Gasteiger partial charge on any atom is 0.407 e. The third-order valence-corrected chi connectivity index (χ3v) is 7.66. The van der Waals surface area contributed by atoms with Crippen LogP contribution in [0.15, 0.2) is 40.2 Å². The van der Waals surface area contributed by atoms with E-state index in [2.05, 4.69) is 15.3 Å². The summed E-state index contributed by atoms with van der Waals surface area (Å²) < 4.78 is 33.8. The highest BCUT2D eigenvalue weighted by molar-refractivity contribution is 7.89. The minimum Gasteiger partial charge on any atom is -0.481 e. The molecular weight excluding hydrogens is 512 g/mol. The molecule has 1 atom stereocenters. The Morgan fingerprint density at radius 2 is 1.89 bits per heavy atom. The summed E-state index contributed by atoms with van der Waals surface area (Å²) in [7, 11) is -3.82. The number of sulfonamides is 1. The summed E-state index contributed by atoms with van der Waals surface area (Å²) in [5, 5.41) is 11.9. The highest BCUT2D eigenvalue weighted by atomic mass is 32.2. The average Bonchev–Trinajstić information content (AvgIpc) is 3.50. The van der Waals surface area contributed by atoms with Crippen LogP contribution in [0.1, 0.15) is 60.3 Å². The number of aliphatic carboxylic acids is 1. The number of carboxylic acid groups (broad SMARTS) is 1. The summed E-state index contributed by atoms with van der Waals surface area (Å²) in [4.78, 5) is 39.7. The van der Waals surface area contributed by atoms with Crippen molar-refractivity contribution in [3.63, 3.8) is 0 Å². The van der Waals surface area contributed by atoms with E-state index in [0.717, 1.165) is 19.3 Å². The second-order valence-corrected chi connectivity index (χ2v) is 12.3. The number of pyridine rings is 1. The number of nitrogens with zero attached hydrogens (tertiary/aromatic N) is 1. The number of aromatic amines is 2. The monoisotopic (exact) mass is 548 g/mol. The topological polar surface area (TPSA) is 162 Å². The van der Waals surface area contributed by atoms with Crippen molar-refractivity contribution < 1.29 is 27.9 Å². The predicted molar refractivity (Wildman–Crippen MR) is 145 cm³/mol. The first-order valence-electron chi connectivity index (χ1n) is 12.6. The molecule has 4 rings (SSSR count). The van der Waals surface area contributed by atoms with E-state index in [1.54, 1.807) is 52.1 Å². The molecular formula is C26H36N4O7S. The Kier molecular flexibility index (Phi) is 8.88. The Labute approximate surface area is 221 Å². The van der Waals surface area contributed by atoms with Crippen LogP contribution in [-0.4, -0.2) is 64.1 Å². The molecule has 1 fully saturated rings. The highest BCUT2D eigenvalue weighted by Gasteiger charge is 2.39. The van der Waals surface area contributed by atoms with Gasteiger partial charge in [-0.05, 0) is 71.2 Å². The molecule has 2 heterocycles. The second-order valence-electron chi connectivity index (χ2n) is 10.4. The first kappa shape index (κ1) is 29.2. The van der Waals surface area contributed by atoms with Gasteiger partial charge in [0.2, 0.25) is 10.0 Å². The number of fused-ring (bicyclic) bond motifs is 3. The Hall–Kier alpha value is -3.38. The van der Waals surface area contributed by atoms with Crippen molar-refractivity contribution in [1.82, 2.24) is 19.6 Å². The van der Waals surface area contributed by atoms with Gasteiger partial charge in [-0.1, -0.05) is 6.92 Å². The first-order valence-corrected chi connectivity index (χ1v) is 14.0. The summed E-state index contributed by atoms with van der Waals surface area (Å²) in [5.74, 6) is -0.711. The Morgan fingerprint density at radius 1 is 1.21 bits per heavy atom. The molecule has 0 radical (unpaired) electrons. The number of hydrogen-bond donors (Lipinski definition) is 4. The van der Waals surface area contributed by atoms with E-state index in [-0.39, 0.29) is 23.0 Å². The minimum absolute atomic E-state index is 0.0959. The van der Waals surface area contributed by atoms with Crippen LogP contribution in [0.5, 0.6) is 0 Å². The molecule has 12 heteroatoms. The van der Waals surface area contributed by atoms with E-state index in [9.17, 15) is 22.8 Å². The molecule has 2 aromatic heterocycles. The lowest BCUT2D eigenvalue weighted by Gasteiger charge is -2.27. The minimum atomic E-state index is -3.82. The van der Waals surface area contributed by atoms with E-state index < -0.39 is 33.7 Å². The Bertz CT molecular complexity index is 1470. The zero-order valence-electron chi connectivity index (χ0n) is 22.3. The number of rotatable bonds is 8. The maximum atomic E-state index is 13.6. The molecule has 0 saturated heterocycles. The normalized spacial score (nSPS) is 14.7. The fraction of sp³-hybridized carbons (Fsp3) is 0.500. The number of alkyl carbamates (subject to hydrolysis) is 1. The van der Waals surface area contributed by atoms with Gasteiger partial charge in [-0.2, -0.15) is 4.31 Å². The fourth-order valence-corrected chi connectivity index (χ4v) is 5.76. The number of ether oxygens (including phenoxy) is 1. The van der Waals surface area contributed by atoms with E-state index in [4.69, 9.17) is 9.84 Å². The summed E-state index contributed by atoms with van der Waals surface area (Å²) >= 11 is 0. The van der Waals surface area contributed by atoms with Crippen molar-refractivity contribution >= 4 is 43.9 Å². The van der Waals surface area contributed by atoms with Crippen LogP contribution in [0.4, 0.5) is 4.79 Å². The molecule has 1 saturated carbocycles. The van der Waals surface area contributed by atoms with E-state index in [1.807, 2.05) is 6.92 Å². The zero-order valence-corrected chi connectivity index (χ0v) is 23.1. The van der Waals surface area contributed by atoms with Gasteiger partial charge in [0.1, 0.15) is 11.1 Å². The number of aromatic nitrogens is 2. The fourth-order valence-electron chi connectivity index (χ4n) is 3.96. The van der Waals surface area contributed by atoms with Gasteiger partial charge in [-0.3, -0.25) is 9.59 Å². The molecule has 0 unspecified atom stereocenters. The van der Waals surface area contributed by atoms with Gasteiger partial charge in [0.25, 0.3) is 5.56 Å². The molecule has 11 nitrogen and oxygen atoms in total. The number of carbonyl (C=O) groups excluding carboxylic acids is 1. The molecule has 4 N–H and O–H groups in total. The van der Waals surface area contributed by atoms with Crippen molar-refractivity contribution in [2.45, 2.75) is 82.9 Å². The van der Waals surface area contributed by atoms with Crippen molar-refractivity contribution in [3.05, 3.63) is 40.8 Å². The van der Waals surface area contributed by atoms with Crippen LogP contribution in [0.2, 0.25) is 0 Å². The number of hydrogen-bond acceptors (Lipinski definition) is 6. The smallest absolute Gasteiger partial charge is 0.407 e. The molecule has 0 aliphatic heterocycles. The lowest BCUT2D eigenvalue weighted by Crippen LogP contribution is -2.46. The third-order valence-electron chi connectivity index (χ3n) is 5.75. The largest absolute Gasteiger partial charge is 0.481 e. The summed E-state index contributed by atoms with van der Waals surface area (Å²) in [5.41, 5.74) is 0.0804. The van der Waals surface area contributed by atoms with Crippen molar-refractivity contribution in [3.8, 4) is 0 Å². The molecule has 1 amide bonds. The number of H-pyrrole nitrogens is 2. The molecule has 38 heavy (non-hydrogen) atoms. The Balaban J connectivity index is 0.000000599.